The van der Waals surface area contributed by atoms with Gasteiger partial charge in [-0.15, -0.1) is 0 Å². The van der Waals surface area contributed by atoms with E-state index in [1.54, 1.807) is 37.4 Å². The van der Waals surface area contributed by atoms with Gasteiger partial charge in [0.05, 0.1) is 7.11 Å². The molecule has 0 aliphatic rings. The first-order valence-corrected chi connectivity index (χ1v) is 5.26. The minimum absolute atomic E-state index is 0.0316. The quantitative estimate of drug-likeness (QED) is 0.815. The topological polar surface area (TPSA) is 93.7 Å². The van der Waals surface area contributed by atoms with Gasteiger partial charge in [-0.2, -0.15) is 15.8 Å². The third kappa shape index (κ3) is 1.99. The van der Waals surface area contributed by atoms with E-state index in [0.29, 0.717) is 11.3 Å². The van der Waals surface area contributed by atoms with Crippen molar-refractivity contribution < 1.29 is 9.15 Å². The SMILES string of the molecule is COc1ccc(-c2oc(C#N)c(C#N)c2C#N)cc1. The Bertz CT molecular complexity index is 737. The number of nitriles is 3. The largest absolute Gasteiger partial charge is 0.497 e. The molecule has 0 saturated carbocycles. The molecule has 0 aliphatic carbocycles. The molecule has 90 valence electrons. The Labute approximate surface area is 109 Å². The maximum Gasteiger partial charge on any atom is 0.223 e. The number of ether oxygens (including phenoxy) is 1. The van der Waals surface area contributed by atoms with Gasteiger partial charge in [0.25, 0.3) is 0 Å². The summed E-state index contributed by atoms with van der Waals surface area (Å²) >= 11 is 0. The van der Waals surface area contributed by atoms with Crippen molar-refractivity contribution in [2.24, 2.45) is 0 Å². The maximum atomic E-state index is 9.11. The van der Waals surface area contributed by atoms with Crippen molar-refractivity contribution in [3.63, 3.8) is 0 Å². The average Bonchev–Trinajstić information content (AvgIpc) is 2.84. The number of benzene rings is 1. The summed E-state index contributed by atoms with van der Waals surface area (Å²) < 4.78 is 10.3. The molecule has 0 amide bonds. The Hall–Kier alpha value is -3.23. The van der Waals surface area contributed by atoms with Crippen LogP contribution in [0.2, 0.25) is 0 Å². The van der Waals surface area contributed by atoms with Crippen LogP contribution in [0.4, 0.5) is 0 Å². The molecular weight excluding hydrogens is 242 g/mol. The molecule has 5 nitrogen and oxygen atoms in total. The molecule has 0 radical (unpaired) electrons. The van der Waals surface area contributed by atoms with E-state index in [9.17, 15) is 0 Å². The smallest absolute Gasteiger partial charge is 0.223 e. The van der Waals surface area contributed by atoms with Crippen LogP contribution in [0.15, 0.2) is 28.7 Å². The van der Waals surface area contributed by atoms with Crippen LogP contribution in [0.3, 0.4) is 0 Å². The average molecular weight is 249 g/mol. The Morgan fingerprint density at radius 3 is 2.05 bits per heavy atom. The third-order valence-electron chi connectivity index (χ3n) is 2.59. The summed E-state index contributed by atoms with van der Waals surface area (Å²) in [5, 5.41) is 27.0. The van der Waals surface area contributed by atoms with Gasteiger partial charge in [0.1, 0.15) is 35.1 Å². The normalized spacial score (nSPS) is 9.16. The Morgan fingerprint density at radius 1 is 0.947 bits per heavy atom. The van der Waals surface area contributed by atoms with Crippen LogP contribution in [0.25, 0.3) is 11.3 Å². The highest BCUT2D eigenvalue weighted by atomic mass is 16.5. The number of hydrogen-bond donors (Lipinski definition) is 0. The van der Waals surface area contributed by atoms with Gasteiger partial charge in [0, 0.05) is 5.56 Å². The van der Waals surface area contributed by atoms with Crippen molar-refractivity contribution in [1.29, 1.82) is 15.8 Å². The fraction of sp³-hybridized carbons (Fsp3) is 0.0714. The number of hydrogen-bond acceptors (Lipinski definition) is 5. The van der Waals surface area contributed by atoms with Crippen LogP contribution in [0.5, 0.6) is 5.75 Å². The fourth-order valence-electron chi connectivity index (χ4n) is 1.67. The van der Waals surface area contributed by atoms with Crippen LogP contribution in [-0.4, -0.2) is 7.11 Å². The number of nitrogens with zero attached hydrogens (tertiary/aromatic N) is 3. The molecule has 2 rings (SSSR count). The standard InChI is InChI=1S/C14H7N3O2/c1-18-10-4-2-9(3-5-10)14-12(7-16)11(6-15)13(8-17)19-14/h2-5H,1H3. The fourth-order valence-corrected chi connectivity index (χ4v) is 1.67. The molecule has 5 heteroatoms. The predicted octanol–water partition coefficient (Wildman–Crippen LogP) is 2.57. The second kappa shape index (κ2) is 4.96. The Kier molecular flexibility index (Phi) is 3.19. The summed E-state index contributed by atoms with van der Waals surface area (Å²) in [4.78, 5) is 0. The zero-order valence-electron chi connectivity index (χ0n) is 9.97. The van der Waals surface area contributed by atoms with E-state index in [1.165, 1.54) is 0 Å². The zero-order valence-corrected chi connectivity index (χ0v) is 9.97. The summed E-state index contributed by atoms with van der Waals surface area (Å²) in [5.41, 5.74) is 0.649. The lowest BCUT2D eigenvalue weighted by Gasteiger charge is -2.00. The highest BCUT2D eigenvalue weighted by Crippen LogP contribution is 2.31. The van der Waals surface area contributed by atoms with Crippen molar-refractivity contribution in [2.45, 2.75) is 0 Å². The van der Waals surface area contributed by atoms with Crippen molar-refractivity contribution in [1.82, 2.24) is 0 Å². The molecule has 0 N–H and O–H groups in total. The van der Waals surface area contributed by atoms with Crippen molar-refractivity contribution in [3.8, 4) is 35.3 Å². The summed E-state index contributed by atoms with van der Waals surface area (Å²) in [7, 11) is 1.55. The van der Waals surface area contributed by atoms with Crippen LogP contribution in [0, 0.1) is 34.0 Å². The van der Waals surface area contributed by atoms with Crippen LogP contribution >= 0.6 is 0 Å². The van der Waals surface area contributed by atoms with E-state index in [4.69, 9.17) is 24.9 Å². The first-order chi connectivity index (χ1) is 9.24. The molecule has 0 saturated heterocycles. The predicted molar refractivity (Wildman–Crippen MR) is 64.8 cm³/mol. The molecule has 0 aliphatic heterocycles. The van der Waals surface area contributed by atoms with Crippen molar-refractivity contribution >= 4 is 0 Å². The second-order valence-electron chi connectivity index (χ2n) is 3.57. The molecule has 0 atom stereocenters. The summed E-state index contributed by atoms with van der Waals surface area (Å²) in [6, 6.07) is 12.3. The van der Waals surface area contributed by atoms with Crippen LogP contribution in [0.1, 0.15) is 16.9 Å². The van der Waals surface area contributed by atoms with Gasteiger partial charge in [0.15, 0.2) is 5.76 Å². The van der Waals surface area contributed by atoms with Gasteiger partial charge in [0.2, 0.25) is 5.76 Å². The minimum atomic E-state index is -0.148. The van der Waals surface area contributed by atoms with Gasteiger partial charge in [-0.3, -0.25) is 0 Å². The first kappa shape index (κ1) is 12.2. The van der Waals surface area contributed by atoms with E-state index in [0.717, 1.165) is 0 Å². The molecule has 1 heterocycles. The van der Waals surface area contributed by atoms with Crippen LogP contribution in [-0.2, 0) is 0 Å². The first-order valence-electron chi connectivity index (χ1n) is 5.26. The highest BCUT2D eigenvalue weighted by molar-refractivity contribution is 5.71. The van der Waals surface area contributed by atoms with Gasteiger partial charge in [-0.25, -0.2) is 0 Å². The Balaban J connectivity index is 2.63. The summed E-state index contributed by atoms with van der Waals surface area (Å²) in [5.74, 6) is 0.734. The van der Waals surface area contributed by atoms with E-state index in [-0.39, 0.29) is 22.6 Å². The molecule has 0 unspecified atom stereocenters. The van der Waals surface area contributed by atoms with Crippen molar-refractivity contribution in [2.75, 3.05) is 7.11 Å². The number of furan rings is 1. The van der Waals surface area contributed by atoms with E-state index in [2.05, 4.69) is 0 Å². The monoisotopic (exact) mass is 249 g/mol. The zero-order chi connectivity index (χ0) is 13.8. The lowest BCUT2D eigenvalue weighted by atomic mass is 10.1. The number of rotatable bonds is 2. The van der Waals surface area contributed by atoms with Gasteiger partial charge < -0.3 is 9.15 Å². The number of methoxy groups -OCH3 is 1. The molecule has 2 aromatic rings. The molecule has 19 heavy (non-hydrogen) atoms. The minimum Gasteiger partial charge on any atom is -0.497 e. The van der Waals surface area contributed by atoms with Crippen molar-refractivity contribution in [3.05, 3.63) is 41.2 Å². The molecular formula is C14H7N3O2. The third-order valence-corrected chi connectivity index (χ3v) is 2.59. The molecule has 0 spiro atoms. The maximum absolute atomic E-state index is 9.11. The lowest BCUT2D eigenvalue weighted by molar-refractivity contribution is 0.415. The van der Waals surface area contributed by atoms with E-state index in [1.807, 2.05) is 12.1 Å². The highest BCUT2D eigenvalue weighted by Gasteiger charge is 2.21. The summed E-state index contributed by atoms with van der Waals surface area (Å²) in [6.45, 7) is 0. The van der Waals surface area contributed by atoms with E-state index >= 15 is 0 Å². The van der Waals surface area contributed by atoms with E-state index < -0.39 is 0 Å². The lowest BCUT2D eigenvalue weighted by Crippen LogP contribution is -1.84. The molecule has 0 fully saturated rings. The van der Waals surface area contributed by atoms with Gasteiger partial charge in [-0.05, 0) is 24.3 Å². The molecule has 1 aromatic carbocycles. The summed E-state index contributed by atoms with van der Waals surface area (Å²) in [6.07, 6.45) is 0. The van der Waals surface area contributed by atoms with Gasteiger partial charge >= 0.3 is 0 Å². The second-order valence-corrected chi connectivity index (χ2v) is 3.57. The Morgan fingerprint density at radius 2 is 1.58 bits per heavy atom. The molecule has 1 aromatic heterocycles. The van der Waals surface area contributed by atoms with Crippen LogP contribution < -0.4 is 4.74 Å². The van der Waals surface area contributed by atoms with Gasteiger partial charge in [-0.1, -0.05) is 0 Å². The molecule has 0 bridgehead atoms.